The first kappa shape index (κ1) is 16.3. The minimum absolute atomic E-state index is 0.0518. The molecule has 0 radical (unpaired) electrons. The molecule has 4 rings (SSSR count). The summed E-state index contributed by atoms with van der Waals surface area (Å²) >= 11 is 0. The quantitative estimate of drug-likeness (QED) is 0.933. The Kier molecular flexibility index (Phi) is 4.53. The van der Waals surface area contributed by atoms with Gasteiger partial charge in [-0.1, -0.05) is 54.3 Å². The summed E-state index contributed by atoms with van der Waals surface area (Å²) in [5, 5.41) is 11.4. The van der Waals surface area contributed by atoms with Gasteiger partial charge in [0.05, 0.1) is 18.8 Å². The van der Waals surface area contributed by atoms with Gasteiger partial charge in [-0.25, -0.2) is 4.68 Å². The maximum atomic E-state index is 12.6. The summed E-state index contributed by atoms with van der Waals surface area (Å²) in [6.07, 6.45) is 5.70. The highest BCUT2D eigenvalue weighted by atomic mass is 16.5. The van der Waals surface area contributed by atoms with E-state index in [4.69, 9.17) is 4.74 Å². The van der Waals surface area contributed by atoms with Crippen molar-refractivity contribution in [3.8, 4) is 0 Å². The van der Waals surface area contributed by atoms with E-state index in [0.717, 1.165) is 24.1 Å². The lowest BCUT2D eigenvalue weighted by atomic mass is 9.95. The van der Waals surface area contributed by atoms with E-state index in [-0.39, 0.29) is 18.1 Å². The van der Waals surface area contributed by atoms with E-state index in [1.807, 2.05) is 4.68 Å². The van der Waals surface area contributed by atoms with E-state index >= 15 is 0 Å². The molecule has 2 heterocycles. The largest absolute Gasteiger partial charge is 0.365 e. The molecule has 1 N–H and O–H groups in total. The lowest BCUT2D eigenvalue weighted by molar-refractivity contribution is -0.00179. The molecule has 25 heavy (non-hydrogen) atoms. The van der Waals surface area contributed by atoms with Crippen LogP contribution in [0.1, 0.15) is 65.5 Å². The van der Waals surface area contributed by atoms with Gasteiger partial charge in [-0.15, -0.1) is 5.10 Å². The molecule has 0 bridgehead atoms. The average molecular weight is 340 g/mol. The summed E-state index contributed by atoms with van der Waals surface area (Å²) in [4.78, 5) is 12.6. The van der Waals surface area contributed by atoms with Crippen molar-refractivity contribution in [2.45, 2.75) is 64.3 Å². The molecule has 1 aliphatic heterocycles. The molecule has 2 aliphatic rings. The third-order valence-electron chi connectivity index (χ3n) is 5.20. The first-order chi connectivity index (χ1) is 12.2. The number of nitrogens with zero attached hydrogens (tertiary/aromatic N) is 3. The Morgan fingerprint density at radius 3 is 2.72 bits per heavy atom. The van der Waals surface area contributed by atoms with Crippen LogP contribution in [0.2, 0.25) is 0 Å². The van der Waals surface area contributed by atoms with Crippen LogP contribution in [0.15, 0.2) is 24.3 Å². The molecule has 1 fully saturated rings. The fourth-order valence-corrected chi connectivity index (χ4v) is 3.67. The molecular weight excluding hydrogens is 316 g/mol. The van der Waals surface area contributed by atoms with Crippen LogP contribution < -0.4 is 5.32 Å². The van der Waals surface area contributed by atoms with Crippen molar-refractivity contribution in [2.75, 3.05) is 0 Å². The van der Waals surface area contributed by atoms with Crippen LogP contribution in [0.25, 0.3) is 0 Å². The van der Waals surface area contributed by atoms with E-state index in [1.54, 1.807) is 0 Å². The van der Waals surface area contributed by atoms with Crippen molar-refractivity contribution in [3.63, 3.8) is 0 Å². The molecule has 1 aromatic heterocycles. The third kappa shape index (κ3) is 3.44. The molecule has 6 nitrogen and oxygen atoms in total. The SMILES string of the molecule is Cc1ccc([C@@H]2Cn3nnc(C(=O)NC4CCCCC4)c3CO2)cc1. The number of fused-ring (bicyclic) bond motifs is 1. The van der Waals surface area contributed by atoms with Crippen LogP contribution in [0.3, 0.4) is 0 Å². The predicted octanol–water partition coefficient (Wildman–Crippen LogP) is 2.92. The van der Waals surface area contributed by atoms with Crippen molar-refractivity contribution in [1.82, 2.24) is 20.3 Å². The topological polar surface area (TPSA) is 69.0 Å². The van der Waals surface area contributed by atoms with Crippen molar-refractivity contribution in [2.24, 2.45) is 0 Å². The number of hydrogen-bond donors (Lipinski definition) is 1. The summed E-state index contributed by atoms with van der Waals surface area (Å²) in [7, 11) is 0. The van der Waals surface area contributed by atoms with Gasteiger partial charge >= 0.3 is 0 Å². The Morgan fingerprint density at radius 2 is 1.96 bits per heavy atom. The van der Waals surface area contributed by atoms with Gasteiger partial charge in [-0.05, 0) is 25.3 Å². The maximum Gasteiger partial charge on any atom is 0.274 e. The van der Waals surface area contributed by atoms with Crippen molar-refractivity contribution < 1.29 is 9.53 Å². The first-order valence-corrected chi connectivity index (χ1v) is 9.12. The number of carbonyl (C=O) groups excluding carboxylic acids is 1. The molecule has 1 aliphatic carbocycles. The first-order valence-electron chi connectivity index (χ1n) is 9.12. The van der Waals surface area contributed by atoms with Gasteiger partial charge in [-0.3, -0.25) is 4.79 Å². The van der Waals surface area contributed by atoms with Gasteiger partial charge in [-0.2, -0.15) is 0 Å². The third-order valence-corrected chi connectivity index (χ3v) is 5.20. The number of aromatic nitrogens is 3. The predicted molar refractivity (Wildman–Crippen MR) is 93.1 cm³/mol. The minimum Gasteiger partial charge on any atom is -0.365 e. The molecule has 1 saturated carbocycles. The zero-order chi connectivity index (χ0) is 17.2. The smallest absolute Gasteiger partial charge is 0.274 e. The van der Waals surface area contributed by atoms with Crippen molar-refractivity contribution >= 4 is 5.91 Å². The zero-order valence-electron chi connectivity index (χ0n) is 14.6. The van der Waals surface area contributed by atoms with Crippen molar-refractivity contribution in [3.05, 3.63) is 46.8 Å². The van der Waals surface area contributed by atoms with Gasteiger partial charge in [0.25, 0.3) is 5.91 Å². The second-order valence-corrected chi connectivity index (χ2v) is 7.09. The lowest BCUT2D eigenvalue weighted by Crippen LogP contribution is -2.37. The lowest BCUT2D eigenvalue weighted by Gasteiger charge is -2.25. The molecule has 0 spiro atoms. The summed E-state index contributed by atoms with van der Waals surface area (Å²) < 4.78 is 7.80. The van der Waals surface area contributed by atoms with E-state index < -0.39 is 0 Å². The maximum absolute atomic E-state index is 12.6. The molecular formula is C19H24N4O2. The van der Waals surface area contributed by atoms with Crippen LogP contribution >= 0.6 is 0 Å². The number of aryl methyl sites for hydroxylation is 1. The summed E-state index contributed by atoms with van der Waals surface area (Å²) in [6, 6.07) is 8.59. The second-order valence-electron chi connectivity index (χ2n) is 7.09. The molecule has 0 saturated heterocycles. The molecule has 132 valence electrons. The molecule has 2 aromatic rings. The van der Waals surface area contributed by atoms with Gasteiger partial charge < -0.3 is 10.1 Å². The fourth-order valence-electron chi connectivity index (χ4n) is 3.67. The number of benzene rings is 1. The second kappa shape index (κ2) is 6.96. The van der Waals surface area contributed by atoms with Crippen LogP contribution in [0.4, 0.5) is 0 Å². The number of rotatable bonds is 3. The summed E-state index contributed by atoms with van der Waals surface area (Å²) in [5.41, 5.74) is 3.53. The van der Waals surface area contributed by atoms with Gasteiger partial charge in [0.1, 0.15) is 6.10 Å². The van der Waals surface area contributed by atoms with E-state index in [0.29, 0.717) is 18.8 Å². The minimum atomic E-state index is -0.120. The Labute approximate surface area is 147 Å². The highest BCUT2D eigenvalue weighted by Crippen LogP contribution is 2.27. The number of carbonyl (C=O) groups is 1. The monoisotopic (exact) mass is 340 g/mol. The molecule has 0 unspecified atom stereocenters. The van der Waals surface area contributed by atoms with Crippen molar-refractivity contribution in [1.29, 1.82) is 0 Å². The molecule has 1 amide bonds. The number of ether oxygens (including phenoxy) is 1. The Morgan fingerprint density at radius 1 is 1.20 bits per heavy atom. The number of amides is 1. The van der Waals surface area contributed by atoms with Crippen LogP contribution in [-0.2, 0) is 17.9 Å². The molecule has 1 aromatic carbocycles. The van der Waals surface area contributed by atoms with E-state index in [2.05, 4.69) is 46.8 Å². The fraction of sp³-hybridized carbons (Fsp3) is 0.526. The van der Waals surface area contributed by atoms with Gasteiger partial charge in [0.2, 0.25) is 0 Å². The summed E-state index contributed by atoms with van der Waals surface area (Å²) in [5.74, 6) is -0.120. The Hall–Kier alpha value is -2.21. The highest BCUT2D eigenvalue weighted by Gasteiger charge is 2.28. The van der Waals surface area contributed by atoms with Crippen LogP contribution in [0, 0.1) is 6.92 Å². The number of nitrogens with one attached hydrogen (secondary N) is 1. The van der Waals surface area contributed by atoms with Crippen LogP contribution in [0.5, 0.6) is 0 Å². The van der Waals surface area contributed by atoms with Gasteiger partial charge in [0.15, 0.2) is 5.69 Å². The van der Waals surface area contributed by atoms with E-state index in [1.165, 1.54) is 24.8 Å². The van der Waals surface area contributed by atoms with Crippen LogP contribution in [-0.4, -0.2) is 26.9 Å². The molecule has 1 atom stereocenters. The number of hydrogen-bond acceptors (Lipinski definition) is 4. The van der Waals surface area contributed by atoms with E-state index in [9.17, 15) is 4.79 Å². The normalized spacial score (nSPS) is 20.9. The zero-order valence-corrected chi connectivity index (χ0v) is 14.6. The van der Waals surface area contributed by atoms with Gasteiger partial charge in [0, 0.05) is 6.04 Å². The summed E-state index contributed by atoms with van der Waals surface area (Å²) in [6.45, 7) is 3.01. The average Bonchev–Trinajstić information content (AvgIpc) is 3.06. The Bertz CT molecular complexity index is 747. The standard InChI is InChI=1S/C19H24N4O2/c1-13-7-9-14(10-8-13)17-11-23-16(12-25-17)18(21-22-23)19(24)20-15-5-3-2-4-6-15/h7-10,15,17H,2-6,11-12H2,1H3,(H,20,24)/t17-/m0/s1. The molecule has 6 heteroatoms. The highest BCUT2D eigenvalue weighted by molar-refractivity contribution is 5.93. The Balaban J connectivity index is 1.46.